The number of hydrogen-bond donors (Lipinski definition) is 0. The first-order valence-electron chi connectivity index (χ1n) is 2.63. The van der Waals surface area contributed by atoms with Gasteiger partial charge in [0.15, 0.2) is 0 Å². The summed E-state index contributed by atoms with van der Waals surface area (Å²) in [6, 6.07) is 0. The molecule has 0 spiro atoms. The highest BCUT2D eigenvalue weighted by atomic mass is 28.2. The Labute approximate surface area is 52.6 Å². The molecule has 41 valence electrons. The average molecular weight is 123 g/mol. The molecule has 0 heterocycles. The maximum atomic E-state index is 4.81. The van der Waals surface area contributed by atoms with Crippen LogP contribution in [0.15, 0.2) is 24.0 Å². The van der Waals surface area contributed by atoms with E-state index in [2.05, 4.69) is 16.6 Å². The Kier molecular flexibility index (Phi) is 1.91. The number of rotatable bonds is 1. The van der Waals surface area contributed by atoms with Crippen LogP contribution in [0.2, 0.25) is 0 Å². The lowest BCUT2D eigenvalue weighted by molar-refractivity contribution is 0.442. The van der Waals surface area contributed by atoms with Crippen LogP contribution >= 0.6 is 0 Å². The molecule has 0 saturated carbocycles. The molecule has 1 rings (SSSR count). The van der Waals surface area contributed by atoms with Crippen LogP contribution in [-0.4, -0.2) is 10.5 Å². The number of allylic oxidation sites excluding steroid dienone is 4. The van der Waals surface area contributed by atoms with Crippen molar-refractivity contribution in [2.75, 3.05) is 0 Å². The molecule has 0 aromatic rings. The molecular formula is C6H7OSi. The van der Waals surface area contributed by atoms with Crippen molar-refractivity contribution >= 4 is 10.5 Å². The molecule has 0 atom stereocenters. The van der Waals surface area contributed by atoms with Gasteiger partial charge >= 0.3 is 10.5 Å². The third kappa shape index (κ3) is 1.23. The molecule has 1 aliphatic carbocycles. The molecule has 0 N–H and O–H groups in total. The van der Waals surface area contributed by atoms with Crippen molar-refractivity contribution in [2.24, 2.45) is 0 Å². The minimum Gasteiger partial charge on any atom is -0.543 e. The van der Waals surface area contributed by atoms with E-state index in [0.717, 1.165) is 18.6 Å². The standard InChI is InChI=1S/C6H7OSi/c8-7-6-4-2-1-3-5-6/h1-2,4H,3,5H2. The monoisotopic (exact) mass is 123 g/mol. The third-order valence-electron chi connectivity index (χ3n) is 1.11. The van der Waals surface area contributed by atoms with Gasteiger partial charge in [-0.25, -0.2) is 0 Å². The molecule has 0 aromatic heterocycles. The van der Waals surface area contributed by atoms with E-state index < -0.39 is 0 Å². The zero-order valence-electron chi connectivity index (χ0n) is 4.55. The average Bonchev–Trinajstić information content (AvgIpc) is 1.90. The fourth-order valence-corrected chi connectivity index (χ4v) is 0.836. The fourth-order valence-electron chi connectivity index (χ4n) is 0.666. The first kappa shape index (κ1) is 5.63. The Balaban J connectivity index is 2.50. The molecule has 1 aliphatic rings. The van der Waals surface area contributed by atoms with Crippen molar-refractivity contribution in [1.29, 1.82) is 0 Å². The fraction of sp³-hybridized carbons (Fsp3) is 0.333. The van der Waals surface area contributed by atoms with Gasteiger partial charge in [0.25, 0.3) is 0 Å². The second-order valence-corrected chi connectivity index (χ2v) is 1.91. The van der Waals surface area contributed by atoms with E-state index in [-0.39, 0.29) is 0 Å². The van der Waals surface area contributed by atoms with E-state index in [1.54, 1.807) is 0 Å². The Bertz CT molecular complexity index is 126. The van der Waals surface area contributed by atoms with Gasteiger partial charge in [-0.1, -0.05) is 12.2 Å². The van der Waals surface area contributed by atoms with Crippen molar-refractivity contribution in [2.45, 2.75) is 12.8 Å². The molecule has 0 bridgehead atoms. The maximum Gasteiger partial charge on any atom is 0.340 e. The van der Waals surface area contributed by atoms with Crippen LogP contribution in [0.1, 0.15) is 12.8 Å². The highest BCUT2D eigenvalue weighted by Crippen LogP contribution is 2.10. The Morgan fingerprint density at radius 1 is 1.62 bits per heavy atom. The van der Waals surface area contributed by atoms with Gasteiger partial charge in [0, 0.05) is 6.42 Å². The molecule has 0 amide bonds. The van der Waals surface area contributed by atoms with Gasteiger partial charge in [0.05, 0.1) is 5.76 Å². The van der Waals surface area contributed by atoms with Crippen molar-refractivity contribution in [3.8, 4) is 0 Å². The molecule has 8 heavy (non-hydrogen) atoms. The molecule has 0 fully saturated rings. The molecular weight excluding hydrogens is 116 g/mol. The van der Waals surface area contributed by atoms with Gasteiger partial charge in [-0.15, -0.1) is 0 Å². The minimum atomic E-state index is 1.00. The van der Waals surface area contributed by atoms with Crippen LogP contribution in [0.25, 0.3) is 0 Å². The van der Waals surface area contributed by atoms with E-state index in [0.29, 0.717) is 0 Å². The summed E-state index contributed by atoms with van der Waals surface area (Å²) in [5, 5.41) is 0. The van der Waals surface area contributed by atoms with Crippen LogP contribution < -0.4 is 0 Å². The topological polar surface area (TPSA) is 9.23 Å². The van der Waals surface area contributed by atoms with E-state index >= 15 is 0 Å². The zero-order valence-corrected chi connectivity index (χ0v) is 5.55. The van der Waals surface area contributed by atoms with Crippen LogP contribution in [-0.2, 0) is 4.43 Å². The van der Waals surface area contributed by atoms with Gasteiger partial charge in [0.2, 0.25) is 0 Å². The smallest absolute Gasteiger partial charge is 0.340 e. The Hall–Kier alpha value is -0.503. The van der Waals surface area contributed by atoms with Gasteiger partial charge in [-0.3, -0.25) is 0 Å². The van der Waals surface area contributed by atoms with E-state index in [1.165, 1.54) is 0 Å². The molecule has 0 saturated heterocycles. The van der Waals surface area contributed by atoms with Gasteiger partial charge in [0.1, 0.15) is 0 Å². The summed E-state index contributed by atoms with van der Waals surface area (Å²) in [4.78, 5) is 0. The van der Waals surface area contributed by atoms with Crippen molar-refractivity contribution in [1.82, 2.24) is 0 Å². The number of hydrogen-bond acceptors (Lipinski definition) is 1. The first-order chi connectivity index (χ1) is 3.93. The lowest BCUT2D eigenvalue weighted by Crippen LogP contribution is -1.89. The predicted octanol–water partition coefficient (Wildman–Crippen LogP) is 1.32. The van der Waals surface area contributed by atoms with E-state index in [4.69, 9.17) is 4.43 Å². The van der Waals surface area contributed by atoms with E-state index in [9.17, 15) is 0 Å². The van der Waals surface area contributed by atoms with Gasteiger partial charge in [-0.05, 0) is 12.5 Å². The molecule has 0 aliphatic heterocycles. The molecule has 0 unspecified atom stereocenters. The normalized spacial score (nSPS) is 17.9. The summed E-state index contributed by atoms with van der Waals surface area (Å²) >= 11 is 0. The summed E-state index contributed by atoms with van der Waals surface area (Å²) in [5.41, 5.74) is 0. The highest BCUT2D eigenvalue weighted by molar-refractivity contribution is 5.98. The zero-order chi connectivity index (χ0) is 5.82. The predicted molar refractivity (Wildman–Crippen MR) is 33.3 cm³/mol. The summed E-state index contributed by atoms with van der Waals surface area (Å²) in [6.07, 6.45) is 8.18. The van der Waals surface area contributed by atoms with E-state index in [1.807, 2.05) is 12.2 Å². The summed E-state index contributed by atoms with van der Waals surface area (Å²) in [5.74, 6) is 1.00. The van der Waals surface area contributed by atoms with Crippen LogP contribution in [0, 0.1) is 0 Å². The summed E-state index contributed by atoms with van der Waals surface area (Å²) in [7, 11) is 2.95. The van der Waals surface area contributed by atoms with Crippen LogP contribution in [0.4, 0.5) is 0 Å². The summed E-state index contributed by atoms with van der Waals surface area (Å²) in [6.45, 7) is 0. The lowest BCUT2D eigenvalue weighted by atomic mass is 10.2. The molecule has 2 heteroatoms. The van der Waals surface area contributed by atoms with Crippen molar-refractivity contribution < 1.29 is 4.43 Å². The first-order valence-corrected chi connectivity index (χ1v) is 3.03. The largest absolute Gasteiger partial charge is 0.543 e. The van der Waals surface area contributed by atoms with Crippen LogP contribution in [0.5, 0.6) is 0 Å². The second-order valence-electron chi connectivity index (χ2n) is 1.70. The molecule has 0 aromatic carbocycles. The van der Waals surface area contributed by atoms with Crippen molar-refractivity contribution in [3.05, 3.63) is 24.0 Å². The Morgan fingerprint density at radius 2 is 2.50 bits per heavy atom. The van der Waals surface area contributed by atoms with Crippen molar-refractivity contribution in [3.63, 3.8) is 0 Å². The van der Waals surface area contributed by atoms with Gasteiger partial charge < -0.3 is 4.43 Å². The lowest BCUT2D eigenvalue weighted by Gasteiger charge is -2.05. The maximum absolute atomic E-state index is 4.81. The third-order valence-corrected chi connectivity index (χ3v) is 1.37. The van der Waals surface area contributed by atoms with Gasteiger partial charge in [-0.2, -0.15) is 0 Å². The molecule has 3 radical (unpaired) electrons. The quantitative estimate of drug-likeness (QED) is 0.478. The Morgan fingerprint density at radius 3 is 2.88 bits per heavy atom. The SMILES string of the molecule is [Si]OC1=CC=CCC1. The minimum absolute atomic E-state index is 1.00. The van der Waals surface area contributed by atoms with Crippen LogP contribution in [0.3, 0.4) is 0 Å². The summed E-state index contributed by atoms with van der Waals surface area (Å²) < 4.78 is 4.81. The highest BCUT2D eigenvalue weighted by Gasteiger charge is 1.94. The second kappa shape index (κ2) is 2.72. The molecule has 1 nitrogen and oxygen atoms in total.